The number of carbonyl (C=O) groups is 2. The molecule has 0 unspecified atom stereocenters. The van der Waals surface area contributed by atoms with Gasteiger partial charge in [-0.3, -0.25) is 4.68 Å². The van der Waals surface area contributed by atoms with Crippen LogP contribution >= 0.6 is 0 Å². The molecule has 0 saturated carbocycles. The summed E-state index contributed by atoms with van der Waals surface area (Å²) in [4.78, 5) is 22.7. The minimum Gasteiger partial charge on any atom is -0.488 e. The second-order valence-corrected chi connectivity index (χ2v) is 6.64. The number of hydrogen-bond donors (Lipinski definition) is 2. The van der Waals surface area contributed by atoms with Crippen molar-refractivity contribution in [2.24, 2.45) is 0 Å². The molecule has 7 heteroatoms. The molecule has 7 nitrogen and oxygen atoms in total. The summed E-state index contributed by atoms with van der Waals surface area (Å²) in [6.07, 6.45) is 1.79. The Morgan fingerprint density at radius 2 is 1.89 bits per heavy atom. The largest absolute Gasteiger partial charge is 0.488 e. The fraction of sp³-hybridized carbons (Fsp3) is 0.250. The van der Waals surface area contributed by atoms with Gasteiger partial charge in [0.2, 0.25) is 0 Å². The van der Waals surface area contributed by atoms with Gasteiger partial charge in [-0.25, -0.2) is 9.59 Å². The van der Waals surface area contributed by atoms with Crippen LogP contribution in [0.25, 0.3) is 10.9 Å². The molecule has 0 saturated heterocycles. The minimum atomic E-state index is -1.23. The Bertz CT molecular complexity index is 1040. The molecule has 0 radical (unpaired) electrons. The van der Waals surface area contributed by atoms with Gasteiger partial charge in [-0.15, -0.1) is 0 Å². The summed E-state index contributed by atoms with van der Waals surface area (Å²) in [5.41, 5.74) is 2.09. The van der Waals surface area contributed by atoms with Crippen molar-refractivity contribution in [3.05, 3.63) is 58.8 Å². The van der Waals surface area contributed by atoms with E-state index in [9.17, 15) is 14.7 Å². The fourth-order valence-electron chi connectivity index (χ4n) is 3.01. The van der Waals surface area contributed by atoms with Crippen molar-refractivity contribution in [2.75, 3.05) is 0 Å². The SMILES string of the molecule is Cc1cc(C(=O)O)cc(C(=O)O)c1OCc1ccc2c(cnn2C(C)C)c1. The second-order valence-electron chi connectivity index (χ2n) is 6.64. The topological polar surface area (TPSA) is 102 Å². The molecule has 3 rings (SSSR count). The lowest BCUT2D eigenvalue weighted by Crippen LogP contribution is -2.08. The maximum absolute atomic E-state index is 11.5. The van der Waals surface area contributed by atoms with E-state index in [1.807, 2.05) is 22.9 Å². The van der Waals surface area contributed by atoms with Gasteiger partial charge in [0.1, 0.15) is 17.9 Å². The third-order valence-corrected chi connectivity index (χ3v) is 4.28. The van der Waals surface area contributed by atoms with Gasteiger partial charge in [-0.05, 0) is 56.2 Å². The normalized spacial score (nSPS) is 11.1. The monoisotopic (exact) mass is 368 g/mol. The van der Waals surface area contributed by atoms with Crippen LogP contribution in [0, 0.1) is 6.92 Å². The second kappa shape index (κ2) is 7.11. The van der Waals surface area contributed by atoms with E-state index in [0.717, 1.165) is 22.5 Å². The number of carboxylic acids is 2. The van der Waals surface area contributed by atoms with E-state index in [1.54, 1.807) is 13.1 Å². The molecule has 1 aromatic heterocycles. The summed E-state index contributed by atoms with van der Waals surface area (Å²) in [7, 11) is 0. The van der Waals surface area contributed by atoms with Crippen LogP contribution in [0.1, 0.15) is 51.7 Å². The predicted molar refractivity (Wildman–Crippen MR) is 99.5 cm³/mol. The van der Waals surface area contributed by atoms with Gasteiger partial charge < -0.3 is 14.9 Å². The zero-order chi connectivity index (χ0) is 19.7. The first-order valence-corrected chi connectivity index (χ1v) is 8.48. The number of carboxylic acid groups (broad SMARTS) is 2. The standard InChI is InChI=1S/C20H20N2O5/c1-11(2)22-17-5-4-13(7-15(17)9-21-22)10-27-18-12(3)6-14(19(23)24)8-16(18)20(25)26/h4-9,11H,10H2,1-3H3,(H,23,24)(H,25,26). The summed E-state index contributed by atoms with van der Waals surface area (Å²) in [5.74, 6) is -2.24. The lowest BCUT2D eigenvalue weighted by molar-refractivity contribution is 0.0691. The van der Waals surface area contributed by atoms with Gasteiger partial charge in [-0.1, -0.05) is 6.07 Å². The minimum absolute atomic E-state index is 0.0835. The van der Waals surface area contributed by atoms with Crippen LogP contribution in [0.3, 0.4) is 0 Å². The van der Waals surface area contributed by atoms with Crippen molar-refractivity contribution in [1.82, 2.24) is 9.78 Å². The van der Waals surface area contributed by atoms with Gasteiger partial charge in [0.05, 0.1) is 17.3 Å². The first-order chi connectivity index (χ1) is 12.8. The number of benzene rings is 2. The zero-order valence-corrected chi connectivity index (χ0v) is 15.3. The summed E-state index contributed by atoms with van der Waals surface area (Å²) >= 11 is 0. The van der Waals surface area contributed by atoms with Crippen LogP contribution in [0.5, 0.6) is 5.75 Å². The Morgan fingerprint density at radius 3 is 2.52 bits per heavy atom. The van der Waals surface area contributed by atoms with Crippen molar-refractivity contribution in [3.63, 3.8) is 0 Å². The lowest BCUT2D eigenvalue weighted by Gasteiger charge is -2.13. The Hall–Kier alpha value is -3.35. The van der Waals surface area contributed by atoms with Crippen molar-refractivity contribution in [1.29, 1.82) is 0 Å². The number of ether oxygens (including phenoxy) is 1. The number of aromatic carboxylic acids is 2. The Kier molecular flexibility index (Phi) is 4.85. The lowest BCUT2D eigenvalue weighted by atomic mass is 10.0. The molecule has 0 spiro atoms. The average Bonchev–Trinajstić information content (AvgIpc) is 3.03. The summed E-state index contributed by atoms with van der Waals surface area (Å²) in [6.45, 7) is 5.90. The predicted octanol–water partition coefficient (Wildman–Crippen LogP) is 3.90. The summed E-state index contributed by atoms with van der Waals surface area (Å²) < 4.78 is 7.68. The number of aromatic nitrogens is 2. The molecule has 0 fully saturated rings. The molecule has 0 bridgehead atoms. The van der Waals surface area contributed by atoms with Crippen molar-refractivity contribution in [2.45, 2.75) is 33.4 Å². The Labute approximate surface area is 155 Å². The molecule has 27 heavy (non-hydrogen) atoms. The quantitative estimate of drug-likeness (QED) is 0.684. The summed E-state index contributed by atoms with van der Waals surface area (Å²) in [5, 5.41) is 23.9. The molecular weight excluding hydrogens is 348 g/mol. The highest BCUT2D eigenvalue weighted by Gasteiger charge is 2.18. The molecule has 0 amide bonds. The molecule has 0 aliphatic heterocycles. The van der Waals surface area contributed by atoms with Gasteiger partial charge >= 0.3 is 11.9 Å². The molecule has 0 aliphatic carbocycles. The van der Waals surface area contributed by atoms with E-state index in [4.69, 9.17) is 9.84 Å². The molecule has 140 valence electrons. The third kappa shape index (κ3) is 3.62. The van der Waals surface area contributed by atoms with Gasteiger partial charge in [-0.2, -0.15) is 5.10 Å². The number of aryl methyl sites for hydroxylation is 1. The van der Waals surface area contributed by atoms with E-state index in [0.29, 0.717) is 5.56 Å². The van der Waals surface area contributed by atoms with Crippen LogP contribution in [-0.4, -0.2) is 31.9 Å². The number of fused-ring (bicyclic) bond motifs is 1. The van der Waals surface area contributed by atoms with Crippen LogP contribution in [-0.2, 0) is 6.61 Å². The van der Waals surface area contributed by atoms with Crippen molar-refractivity contribution >= 4 is 22.8 Å². The highest BCUT2D eigenvalue weighted by molar-refractivity contribution is 5.96. The van der Waals surface area contributed by atoms with E-state index < -0.39 is 11.9 Å². The van der Waals surface area contributed by atoms with Crippen molar-refractivity contribution in [3.8, 4) is 5.75 Å². The van der Waals surface area contributed by atoms with Crippen LogP contribution < -0.4 is 4.74 Å². The smallest absolute Gasteiger partial charge is 0.339 e. The Balaban J connectivity index is 1.89. The third-order valence-electron chi connectivity index (χ3n) is 4.28. The maximum atomic E-state index is 11.5. The van der Waals surface area contributed by atoms with Crippen LogP contribution in [0.4, 0.5) is 0 Å². The molecule has 0 aliphatic rings. The first kappa shape index (κ1) is 18.4. The van der Waals surface area contributed by atoms with Gasteiger partial charge in [0.15, 0.2) is 0 Å². The molecular formula is C20H20N2O5. The zero-order valence-electron chi connectivity index (χ0n) is 15.3. The molecule has 2 aromatic carbocycles. The number of rotatable bonds is 6. The summed E-state index contributed by atoms with van der Waals surface area (Å²) in [6, 6.07) is 8.58. The van der Waals surface area contributed by atoms with Crippen LogP contribution in [0.2, 0.25) is 0 Å². The Morgan fingerprint density at radius 1 is 1.15 bits per heavy atom. The fourth-order valence-corrected chi connectivity index (χ4v) is 3.01. The molecule has 1 heterocycles. The number of hydrogen-bond acceptors (Lipinski definition) is 4. The van der Waals surface area contributed by atoms with E-state index in [-0.39, 0.29) is 29.5 Å². The van der Waals surface area contributed by atoms with Gasteiger partial charge in [0.25, 0.3) is 0 Å². The molecule has 0 atom stereocenters. The van der Waals surface area contributed by atoms with Crippen molar-refractivity contribution < 1.29 is 24.5 Å². The molecule has 3 aromatic rings. The van der Waals surface area contributed by atoms with E-state index in [2.05, 4.69) is 18.9 Å². The first-order valence-electron chi connectivity index (χ1n) is 8.48. The highest BCUT2D eigenvalue weighted by atomic mass is 16.5. The van der Waals surface area contributed by atoms with E-state index >= 15 is 0 Å². The van der Waals surface area contributed by atoms with Crippen LogP contribution in [0.15, 0.2) is 36.5 Å². The number of nitrogens with zero attached hydrogens (tertiary/aromatic N) is 2. The average molecular weight is 368 g/mol. The maximum Gasteiger partial charge on any atom is 0.339 e. The molecule has 2 N–H and O–H groups in total. The van der Waals surface area contributed by atoms with Gasteiger partial charge in [0, 0.05) is 11.4 Å². The highest BCUT2D eigenvalue weighted by Crippen LogP contribution is 2.27. The van der Waals surface area contributed by atoms with E-state index in [1.165, 1.54) is 6.07 Å².